The Balaban J connectivity index is 2.51. The molecule has 0 radical (unpaired) electrons. The van der Waals surface area contributed by atoms with Gasteiger partial charge in [-0.15, -0.1) is 0 Å². The summed E-state index contributed by atoms with van der Waals surface area (Å²) in [5.74, 6) is 1.01. The highest BCUT2D eigenvalue weighted by Gasteiger charge is 2.22. The van der Waals surface area contributed by atoms with Crippen molar-refractivity contribution in [1.29, 1.82) is 0 Å². The lowest BCUT2D eigenvalue weighted by atomic mass is 9.92. The first-order valence-corrected chi connectivity index (χ1v) is 6.15. The summed E-state index contributed by atoms with van der Waals surface area (Å²) < 4.78 is 6.52. The van der Waals surface area contributed by atoms with E-state index in [0.717, 1.165) is 29.6 Å². The summed E-state index contributed by atoms with van der Waals surface area (Å²) in [6, 6.07) is 4.76. The quantitative estimate of drug-likeness (QED) is 0.891. The highest BCUT2D eigenvalue weighted by molar-refractivity contribution is 9.10. The van der Waals surface area contributed by atoms with Crippen LogP contribution in [0.25, 0.3) is 0 Å². The molecule has 1 heterocycles. The molecule has 1 aromatic carbocycles. The summed E-state index contributed by atoms with van der Waals surface area (Å²) in [7, 11) is 1.74. The van der Waals surface area contributed by atoms with E-state index in [0.29, 0.717) is 6.04 Å². The van der Waals surface area contributed by atoms with Gasteiger partial charge < -0.3 is 10.1 Å². The number of hydrogen-bond donors (Lipinski definition) is 1. The number of methoxy groups -OCH3 is 1. The van der Waals surface area contributed by atoms with Crippen molar-refractivity contribution in [3.05, 3.63) is 27.7 Å². The molecule has 3 heteroatoms. The van der Waals surface area contributed by atoms with Crippen LogP contribution in [0.4, 0.5) is 0 Å². The minimum absolute atomic E-state index is 0.482. The second-order valence-corrected chi connectivity index (χ2v) is 4.67. The van der Waals surface area contributed by atoms with Gasteiger partial charge in [-0.1, -0.05) is 13.0 Å². The summed E-state index contributed by atoms with van der Waals surface area (Å²) in [6.07, 6.45) is 2.17. The van der Waals surface area contributed by atoms with Crippen LogP contribution in [-0.2, 0) is 6.42 Å². The van der Waals surface area contributed by atoms with Gasteiger partial charge in [0.15, 0.2) is 0 Å². The second kappa shape index (κ2) is 4.54. The lowest BCUT2D eigenvalue weighted by molar-refractivity contribution is 0.397. The SMILES string of the molecule is CCC1NCCc2c1ccc(Br)c2OC. The van der Waals surface area contributed by atoms with Gasteiger partial charge in [-0.05, 0) is 46.9 Å². The summed E-state index contributed by atoms with van der Waals surface area (Å²) in [5.41, 5.74) is 2.75. The van der Waals surface area contributed by atoms with E-state index in [1.807, 2.05) is 0 Å². The van der Waals surface area contributed by atoms with Crippen LogP contribution in [0.2, 0.25) is 0 Å². The van der Waals surface area contributed by atoms with Crippen molar-refractivity contribution in [3.63, 3.8) is 0 Å². The van der Waals surface area contributed by atoms with Crippen LogP contribution in [0.1, 0.15) is 30.5 Å². The number of hydrogen-bond acceptors (Lipinski definition) is 2. The van der Waals surface area contributed by atoms with E-state index in [2.05, 4.69) is 40.3 Å². The van der Waals surface area contributed by atoms with E-state index < -0.39 is 0 Å². The first-order valence-electron chi connectivity index (χ1n) is 5.36. The zero-order valence-electron chi connectivity index (χ0n) is 9.14. The van der Waals surface area contributed by atoms with Gasteiger partial charge in [0.2, 0.25) is 0 Å². The molecule has 0 aromatic heterocycles. The van der Waals surface area contributed by atoms with Gasteiger partial charge in [0.25, 0.3) is 0 Å². The number of ether oxygens (including phenoxy) is 1. The van der Waals surface area contributed by atoms with Crippen LogP contribution >= 0.6 is 15.9 Å². The van der Waals surface area contributed by atoms with Crippen molar-refractivity contribution >= 4 is 15.9 Å². The average Bonchev–Trinajstić information content (AvgIpc) is 2.28. The van der Waals surface area contributed by atoms with E-state index in [-0.39, 0.29) is 0 Å². The van der Waals surface area contributed by atoms with Crippen molar-refractivity contribution in [2.45, 2.75) is 25.8 Å². The number of rotatable bonds is 2. The molecule has 1 aliphatic rings. The van der Waals surface area contributed by atoms with Crippen molar-refractivity contribution < 1.29 is 4.74 Å². The Kier molecular flexibility index (Phi) is 3.32. The molecule has 1 unspecified atom stereocenters. The van der Waals surface area contributed by atoms with Gasteiger partial charge in [0.1, 0.15) is 5.75 Å². The standard InChI is InChI=1S/C12H16BrNO/c1-3-11-8-4-5-10(13)12(15-2)9(8)6-7-14-11/h4-5,11,14H,3,6-7H2,1-2H3. The maximum Gasteiger partial charge on any atom is 0.136 e. The van der Waals surface area contributed by atoms with Crippen molar-refractivity contribution in [3.8, 4) is 5.75 Å². The molecule has 0 saturated heterocycles. The lowest BCUT2D eigenvalue weighted by Crippen LogP contribution is -2.29. The van der Waals surface area contributed by atoms with Crippen molar-refractivity contribution in [2.24, 2.45) is 0 Å². The van der Waals surface area contributed by atoms with E-state index in [1.54, 1.807) is 7.11 Å². The minimum atomic E-state index is 0.482. The maximum atomic E-state index is 5.46. The fourth-order valence-electron chi connectivity index (χ4n) is 2.27. The number of nitrogens with one attached hydrogen (secondary N) is 1. The molecule has 0 aliphatic carbocycles. The van der Waals surface area contributed by atoms with Crippen LogP contribution in [0.3, 0.4) is 0 Å². The molecule has 1 aliphatic heterocycles. The van der Waals surface area contributed by atoms with Crippen LogP contribution in [0, 0.1) is 0 Å². The predicted octanol–water partition coefficient (Wildman–Crippen LogP) is 3.05. The predicted molar refractivity (Wildman–Crippen MR) is 65.4 cm³/mol. The third-order valence-corrected chi connectivity index (χ3v) is 3.63. The van der Waals surface area contributed by atoms with E-state index >= 15 is 0 Å². The highest BCUT2D eigenvalue weighted by Crippen LogP contribution is 2.36. The first-order chi connectivity index (χ1) is 7.27. The Morgan fingerprint density at radius 2 is 2.33 bits per heavy atom. The zero-order chi connectivity index (χ0) is 10.8. The Morgan fingerprint density at radius 3 is 3.00 bits per heavy atom. The van der Waals surface area contributed by atoms with Crippen LogP contribution in [-0.4, -0.2) is 13.7 Å². The Morgan fingerprint density at radius 1 is 1.53 bits per heavy atom. The number of halogens is 1. The second-order valence-electron chi connectivity index (χ2n) is 3.81. The fourth-order valence-corrected chi connectivity index (χ4v) is 2.80. The van der Waals surface area contributed by atoms with Gasteiger partial charge in [-0.2, -0.15) is 0 Å². The Bertz CT molecular complexity index is 365. The van der Waals surface area contributed by atoms with Gasteiger partial charge in [-0.3, -0.25) is 0 Å². The Hall–Kier alpha value is -0.540. The van der Waals surface area contributed by atoms with Crippen molar-refractivity contribution in [1.82, 2.24) is 5.32 Å². The molecule has 2 nitrogen and oxygen atoms in total. The van der Waals surface area contributed by atoms with Crippen LogP contribution in [0.5, 0.6) is 5.75 Å². The topological polar surface area (TPSA) is 21.3 Å². The summed E-state index contributed by atoms with van der Waals surface area (Å²) in [4.78, 5) is 0. The van der Waals surface area contributed by atoms with Gasteiger partial charge in [0, 0.05) is 11.6 Å². The fraction of sp³-hybridized carbons (Fsp3) is 0.500. The van der Waals surface area contributed by atoms with Gasteiger partial charge >= 0.3 is 0 Å². The molecule has 15 heavy (non-hydrogen) atoms. The molecule has 1 N–H and O–H groups in total. The maximum absolute atomic E-state index is 5.46. The molecule has 1 atom stereocenters. The number of benzene rings is 1. The van der Waals surface area contributed by atoms with E-state index in [4.69, 9.17) is 4.74 Å². The normalized spacial score (nSPS) is 19.8. The van der Waals surface area contributed by atoms with Gasteiger partial charge in [0.05, 0.1) is 11.6 Å². The molecular formula is C12H16BrNO. The largest absolute Gasteiger partial charge is 0.495 e. The smallest absolute Gasteiger partial charge is 0.136 e. The number of fused-ring (bicyclic) bond motifs is 1. The van der Waals surface area contributed by atoms with E-state index in [9.17, 15) is 0 Å². The molecule has 0 bridgehead atoms. The van der Waals surface area contributed by atoms with Crippen LogP contribution < -0.4 is 10.1 Å². The monoisotopic (exact) mass is 269 g/mol. The highest BCUT2D eigenvalue weighted by atomic mass is 79.9. The Labute approximate surface area is 99.1 Å². The minimum Gasteiger partial charge on any atom is -0.495 e. The van der Waals surface area contributed by atoms with E-state index in [1.165, 1.54) is 11.1 Å². The molecular weight excluding hydrogens is 254 g/mol. The molecule has 0 fully saturated rings. The molecule has 0 spiro atoms. The molecule has 0 saturated carbocycles. The zero-order valence-corrected chi connectivity index (χ0v) is 10.7. The summed E-state index contributed by atoms with van der Waals surface area (Å²) in [6.45, 7) is 3.25. The third-order valence-electron chi connectivity index (χ3n) is 3.00. The first kappa shape index (κ1) is 11.0. The molecule has 1 aromatic rings. The summed E-state index contributed by atoms with van der Waals surface area (Å²) in [5, 5.41) is 3.52. The van der Waals surface area contributed by atoms with Crippen LogP contribution in [0.15, 0.2) is 16.6 Å². The molecule has 82 valence electrons. The molecule has 0 amide bonds. The average molecular weight is 270 g/mol. The van der Waals surface area contributed by atoms with Gasteiger partial charge in [-0.25, -0.2) is 0 Å². The summed E-state index contributed by atoms with van der Waals surface area (Å²) >= 11 is 3.53. The van der Waals surface area contributed by atoms with Crippen molar-refractivity contribution in [2.75, 3.05) is 13.7 Å². The molecule has 2 rings (SSSR count). The lowest BCUT2D eigenvalue weighted by Gasteiger charge is -2.27. The third kappa shape index (κ3) is 1.91.